The number of hydrogen-bond acceptors (Lipinski definition) is 7. The molecule has 132 valence electrons. The van der Waals surface area contributed by atoms with Crippen molar-refractivity contribution in [1.82, 2.24) is 0 Å². The second-order valence-corrected chi connectivity index (χ2v) is 5.31. The molecule has 0 fully saturated rings. The van der Waals surface area contributed by atoms with Crippen LogP contribution in [0.4, 0.5) is 0 Å². The van der Waals surface area contributed by atoms with Crippen LogP contribution in [0.15, 0.2) is 17.1 Å². The molecule has 0 bridgehead atoms. The van der Waals surface area contributed by atoms with Gasteiger partial charge >= 0.3 is 11.9 Å². The molecule has 8 nitrogen and oxygen atoms in total. The van der Waals surface area contributed by atoms with Crippen LogP contribution in [-0.2, 0) is 25.8 Å². The SMILES string of the molecule is CCCCc1c(OC)ccc2c1C(=O)C(C(=O)OOC(C)=O)=NC2=O. The van der Waals surface area contributed by atoms with Gasteiger partial charge in [0.05, 0.1) is 12.7 Å². The number of rotatable bonds is 5. The smallest absolute Gasteiger partial charge is 0.408 e. The summed E-state index contributed by atoms with van der Waals surface area (Å²) in [6.07, 6.45) is 2.12. The van der Waals surface area contributed by atoms with E-state index in [1.54, 1.807) is 6.07 Å². The topological polar surface area (TPSA) is 108 Å². The van der Waals surface area contributed by atoms with Crippen LogP contribution in [0.3, 0.4) is 0 Å². The number of ether oxygens (including phenoxy) is 1. The van der Waals surface area contributed by atoms with Gasteiger partial charge in [0.1, 0.15) is 5.75 Å². The van der Waals surface area contributed by atoms with Crippen LogP contribution in [0.2, 0.25) is 0 Å². The molecule has 1 aromatic carbocycles. The predicted molar refractivity (Wildman–Crippen MR) is 85.6 cm³/mol. The van der Waals surface area contributed by atoms with Gasteiger partial charge in [-0.2, -0.15) is 4.99 Å². The number of carbonyl (C=O) groups is 4. The molecular formula is C17H17NO7. The van der Waals surface area contributed by atoms with Crippen LogP contribution in [0, 0.1) is 0 Å². The quantitative estimate of drug-likeness (QED) is 0.590. The molecule has 1 aliphatic heterocycles. The first kappa shape index (κ1) is 18.3. The summed E-state index contributed by atoms with van der Waals surface area (Å²) >= 11 is 0. The summed E-state index contributed by atoms with van der Waals surface area (Å²) in [5, 5.41) is 0. The van der Waals surface area contributed by atoms with E-state index in [9.17, 15) is 19.2 Å². The lowest BCUT2D eigenvalue weighted by Gasteiger charge is -2.18. The zero-order chi connectivity index (χ0) is 18.6. The normalized spacial score (nSPS) is 13.0. The summed E-state index contributed by atoms with van der Waals surface area (Å²) in [6, 6.07) is 3.02. The van der Waals surface area contributed by atoms with Gasteiger partial charge in [0.15, 0.2) is 0 Å². The third-order valence-corrected chi connectivity index (χ3v) is 3.58. The lowest BCUT2D eigenvalue weighted by Crippen LogP contribution is -2.33. The first-order chi connectivity index (χ1) is 11.9. The summed E-state index contributed by atoms with van der Waals surface area (Å²) in [5.74, 6) is -3.25. The third-order valence-electron chi connectivity index (χ3n) is 3.58. The average molecular weight is 347 g/mol. The highest BCUT2D eigenvalue weighted by Gasteiger charge is 2.36. The van der Waals surface area contributed by atoms with Gasteiger partial charge < -0.3 is 4.74 Å². The van der Waals surface area contributed by atoms with Gasteiger partial charge in [-0.25, -0.2) is 19.4 Å². The van der Waals surface area contributed by atoms with Crippen LogP contribution in [-0.4, -0.2) is 36.5 Å². The van der Waals surface area contributed by atoms with Gasteiger partial charge in [0, 0.05) is 18.1 Å². The minimum Gasteiger partial charge on any atom is -0.496 e. The molecule has 1 aliphatic rings. The van der Waals surface area contributed by atoms with E-state index in [4.69, 9.17) is 4.74 Å². The molecule has 0 saturated heterocycles. The van der Waals surface area contributed by atoms with Crippen molar-refractivity contribution in [3.05, 3.63) is 28.8 Å². The Morgan fingerprint density at radius 1 is 1.16 bits per heavy atom. The molecule has 1 amide bonds. The zero-order valence-electron chi connectivity index (χ0n) is 14.1. The molecule has 0 spiro atoms. The largest absolute Gasteiger partial charge is 0.496 e. The maximum atomic E-state index is 12.7. The fourth-order valence-electron chi connectivity index (χ4n) is 2.46. The van der Waals surface area contributed by atoms with E-state index >= 15 is 0 Å². The van der Waals surface area contributed by atoms with Crippen molar-refractivity contribution < 1.29 is 33.7 Å². The van der Waals surface area contributed by atoms with E-state index in [2.05, 4.69) is 14.8 Å². The van der Waals surface area contributed by atoms with E-state index < -0.39 is 29.3 Å². The number of aliphatic imine (C=N–C) groups is 1. The summed E-state index contributed by atoms with van der Waals surface area (Å²) in [4.78, 5) is 59.4. The molecule has 0 unspecified atom stereocenters. The molecular weight excluding hydrogens is 330 g/mol. The number of methoxy groups -OCH3 is 1. The molecule has 1 aromatic rings. The lowest BCUT2D eigenvalue weighted by atomic mass is 9.89. The van der Waals surface area contributed by atoms with Gasteiger partial charge in [-0.05, 0) is 25.0 Å². The summed E-state index contributed by atoms with van der Waals surface area (Å²) in [7, 11) is 1.45. The first-order valence-corrected chi connectivity index (χ1v) is 7.67. The van der Waals surface area contributed by atoms with Crippen molar-refractivity contribution in [3.8, 4) is 5.75 Å². The molecule has 0 radical (unpaired) electrons. The molecule has 0 N–H and O–H groups in total. The van der Waals surface area contributed by atoms with Crippen LogP contribution in [0.1, 0.15) is 53.0 Å². The Morgan fingerprint density at radius 2 is 1.88 bits per heavy atom. The van der Waals surface area contributed by atoms with Gasteiger partial charge in [-0.15, -0.1) is 0 Å². The molecule has 0 atom stereocenters. The Hall–Kier alpha value is -3.03. The van der Waals surface area contributed by atoms with E-state index in [0.717, 1.165) is 19.8 Å². The Balaban J connectivity index is 2.47. The minimum atomic E-state index is -1.30. The molecule has 25 heavy (non-hydrogen) atoms. The van der Waals surface area contributed by atoms with Crippen LogP contribution in [0.25, 0.3) is 0 Å². The minimum absolute atomic E-state index is 0.0718. The number of nitrogens with zero attached hydrogens (tertiary/aromatic N) is 1. The number of carbonyl (C=O) groups excluding carboxylic acids is 4. The van der Waals surface area contributed by atoms with Gasteiger partial charge in [-0.3, -0.25) is 9.59 Å². The van der Waals surface area contributed by atoms with Crippen LogP contribution < -0.4 is 4.74 Å². The van der Waals surface area contributed by atoms with Crippen molar-refractivity contribution in [1.29, 1.82) is 0 Å². The highest BCUT2D eigenvalue weighted by atomic mass is 17.2. The van der Waals surface area contributed by atoms with Crippen molar-refractivity contribution in [3.63, 3.8) is 0 Å². The number of hydrogen-bond donors (Lipinski definition) is 0. The standard InChI is InChI=1S/C17H17NO7/c1-4-5-6-10-12(23-3)8-7-11-13(10)15(20)14(18-16(11)21)17(22)25-24-9(2)19/h7-8H,4-6H2,1-3H3. The maximum Gasteiger partial charge on any atom is 0.408 e. The molecule has 2 rings (SSSR count). The summed E-state index contributed by atoms with van der Waals surface area (Å²) in [5.41, 5.74) is -0.0267. The number of ketones is 1. The Morgan fingerprint density at radius 3 is 2.48 bits per heavy atom. The zero-order valence-corrected chi connectivity index (χ0v) is 14.1. The van der Waals surface area contributed by atoms with Gasteiger partial charge in [0.2, 0.25) is 11.5 Å². The van der Waals surface area contributed by atoms with Crippen molar-refractivity contribution in [2.75, 3.05) is 7.11 Å². The third kappa shape index (κ3) is 3.73. The fourth-order valence-corrected chi connectivity index (χ4v) is 2.46. The van der Waals surface area contributed by atoms with E-state index in [1.165, 1.54) is 13.2 Å². The van der Waals surface area contributed by atoms with E-state index in [0.29, 0.717) is 17.7 Å². The number of amides is 1. The molecule has 0 aromatic heterocycles. The fraction of sp³-hybridized carbons (Fsp3) is 0.353. The second-order valence-electron chi connectivity index (χ2n) is 5.31. The predicted octanol–water partition coefficient (Wildman–Crippen LogP) is 1.84. The van der Waals surface area contributed by atoms with Crippen molar-refractivity contribution >= 4 is 29.3 Å². The van der Waals surface area contributed by atoms with Crippen LogP contribution >= 0.6 is 0 Å². The molecule has 0 saturated carbocycles. The van der Waals surface area contributed by atoms with Gasteiger partial charge in [-0.1, -0.05) is 13.3 Å². The number of unbranched alkanes of at least 4 members (excludes halogenated alkanes) is 1. The number of benzene rings is 1. The van der Waals surface area contributed by atoms with Crippen LogP contribution in [0.5, 0.6) is 5.75 Å². The number of fused-ring (bicyclic) bond motifs is 1. The maximum absolute atomic E-state index is 12.7. The van der Waals surface area contributed by atoms with Crippen molar-refractivity contribution in [2.45, 2.75) is 33.1 Å². The van der Waals surface area contributed by atoms with Gasteiger partial charge in [0.25, 0.3) is 5.91 Å². The molecule has 0 aliphatic carbocycles. The monoisotopic (exact) mass is 347 g/mol. The summed E-state index contributed by atoms with van der Waals surface area (Å²) in [6.45, 7) is 3.00. The molecule has 1 heterocycles. The summed E-state index contributed by atoms with van der Waals surface area (Å²) < 4.78 is 5.28. The first-order valence-electron chi connectivity index (χ1n) is 7.67. The second kappa shape index (κ2) is 7.69. The molecule has 8 heteroatoms. The average Bonchev–Trinajstić information content (AvgIpc) is 2.59. The van der Waals surface area contributed by atoms with Crippen molar-refractivity contribution in [2.24, 2.45) is 4.99 Å². The lowest BCUT2D eigenvalue weighted by molar-refractivity contribution is -0.251. The number of Topliss-reactive ketones (excluding diaryl/α,β-unsaturated/α-hetero) is 1. The highest BCUT2D eigenvalue weighted by Crippen LogP contribution is 2.30. The Bertz CT molecular complexity index is 779. The highest BCUT2D eigenvalue weighted by molar-refractivity contribution is 6.70. The van der Waals surface area contributed by atoms with E-state index in [-0.39, 0.29) is 11.1 Å². The van der Waals surface area contributed by atoms with E-state index in [1.807, 2.05) is 6.92 Å². The Labute approximate surface area is 143 Å². The Kier molecular flexibility index (Phi) is 5.63.